The third kappa shape index (κ3) is 6.26. The van der Waals surface area contributed by atoms with E-state index in [0.717, 1.165) is 0 Å². The summed E-state index contributed by atoms with van der Waals surface area (Å²) in [6.45, 7) is 9.30. The van der Waals surface area contributed by atoms with E-state index < -0.39 is 6.04 Å². The van der Waals surface area contributed by atoms with E-state index in [1.807, 2.05) is 13.8 Å². The van der Waals surface area contributed by atoms with Gasteiger partial charge >= 0.3 is 5.97 Å². The van der Waals surface area contributed by atoms with Gasteiger partial charge in [0.15, 0.2) is 0 Å². The summed E-state index contributed by atoms with van der Waals surface area (Å²) in [7, 11) is 0. The van der Waals surface area contributed by atoms with Gasteiger partial charge in [-0.25, -0.2) is 0 Å². The van der Waals surface area contributed by atoms with Crippen LogP contribution in [-0.2, 0) is 14.3 Å². The van der Waals surface area contributed by atoms with Crippen molar-refractivity contribution in [2.24, 2.45) is 17.6 Å². The molecule has 0 rings (SSSR count). The fourth-order valence-electron chi connectivity index (χ4n) is 1.11. The van der Waals surface area contributed by atoms with Crippen molar-refractivity contribution in [3.8, 4) is 0 Å². The predicted molar refractivity (Wildman–Crippen MR) is 66.2 cm³/mol. The van der Waals surface area contributed by atoms with Crippen molar-refractivity contribution in [2.45, 2.75) is 46.8 Å². The highest BCUT2D eigenvalue weighted by molar-refractivity contribution is 5.82. The summed E-state index contributed by atoms with van der Waals surface area (Å²) >= 11 is 0. The number of carbonyl (C=O) groups is 2. The molecule has 0 saturated carbocycles. The number of nitrogens with two attached hydrogens (primary N) is 1. The van der Waals surface area contributed by atoms with Crippen molar-refractivity contribution in [1.82, 2.24) is 5.32 Å². The van der Waals surface area contributed by atoms with E-state index in [1.54, 1.807) is 20.8 Å². The minimum atomic E-state index is -0.539. The summed E-state index contributed by atoms with van der Waals surface area (Å²) in [4.78, 5) is 23.0. The van der Waals surface area contributed by atoms with Crippen molar-refractivity contribution in [1.29, 1.82) is 0 Å². The number of esters is 1. The molecule has 5 nitrogen and oxygen atoms in total. The summed E-state index contributed by atoms with van der Waals surface area (Å²) in [6.07, 6.45) is -0.140. The number of hydrogen-bond donors (Lipinski definition) is 2. The summed E-state index contributed by atoms with van der Waals surface area (Å²) in [5.74, 6) is -0.823. The number of rotatable bonds is 6. The van der Waals surface area contributed by atoms with Crippen LogP contribution in [0.3, 0.4) is 0 Å². The molecule has 2 atom stereocenters. The Bertz CT molecular complexity index is 264. The van der Waals surface area contributed by atoms with Gasteiger partial charge in [-0.05, 0) is 19.8 Å². The van der Waals surface area contributed by atoms with Crippen LogP contribution in [0.2, 0.25) is 0 Å². The second-order valence-electron chi connectivity index (χ2n) is 4.90. The van der Waals surface area contributed by atoms with Crippen LogP contribution in [0.5, 0.6) is 0 Å². The molecule has 1 amide bonds. The summed E-state index contributed by atoms with van der Waals surface area (Å²) < 4.78 is 5.03. The van der Waals surface area contributed by atoms with E-state index in [4.69, 9.17) is 10.5 Å². The quantitative estimate of drug-likeness (QED) is 0.673. The predicted octanol–water partition coefficient (Wildman–Crippen LogP) is 0.674. The molecule has 0 bridgehead atoms. The molecule has 3 N–H and O–H groups in total. The molecule has 0 aromatic rings. The Hall–Kier alpha value is -1.10. The Morgan fingerprint density at radius 1 is 1.18 bits per heavy atom. The Morgan fingerprint density at radius 2 is 1.71 bits per heavy atom. The molecule has 0 heterocycles. The van der Waals surface area contributed by atoms with Gasteiger partial charge in [0.25, 0.3) is 0 Å². The van der Waals surface area contributed by atoms with Gasteiger partial charge in [-0.3, -0.25) is 9.59 Å². The fourth-order valence-corrected chi connectivity index (χ4v) is 1.11. The van der Waals surface area contributed by atoms with Gasteiger partial charge in [0.1, 0.15) is 0 Å². The second kappa shape index (κ2) is 7.27. The lowest BCUT2D eigenvalue weighted by Crippen LogP contribution is -2.46. The van der Waals surface area contributed by atoms with Crippen LogP contribution in [0.15, 0.2) is 0 Å². The summed E-state index contributed by atoms with van der Waals surface area (Å²) in [6, 6.07) is -0.539. The van der Waals surface area contributed by atoms with Crippen molar-refractivity contribution in [3.63, 3.8) is 0 Å². The van der Waals surface area contributed by atoms with Gasteiger partial charge in [0, 0.05) is 6.54 Å². The lowest BCUT2D eigenvalue weighted by atomic mass is 10.0. The first-order valence-corrected chi connectivity index (χ1v) is 5.99. The molecule has 0 aromatic heterocycles. The van der Waals surface area contributed by atoms with Crippen molar-refractivity contribution in [2.75, 3.05) is 6.54 Å². The van der Waals surface area contributed by atoms with E-state index in [-0.39, 0.29) is 36.4 Å². The van der Waals surface area contributed by atoms with Gasteiger partial charge in [-0.2, -0.15) is 0 Å². The smallest absolute Gasteiger partial charge is 0.310 e. The largest absolute Gasteiger partial charge is 0.463 e. The highest BCUT2D eigenvalue weighted by atomic mass is 16.5. The topological polar surface area (TPSA) is 81.4 Å². The van der Waals surface area contributed by atoms with Crippen LogP contribution in [0.1, 0.15) is 34.6 Å². The molecule has 1 unspecified atom stereocenters. The molecule has 0 aliphatic heterocycles. The van der Waals surface area contributed by atoms with Crippen LogP contribution >= 0.6 is 0 Å². The number of amides is 1. The highest BCUT2D eigenvalue weighted by Crippen LogP contribution is 2.02. The van der Waals surface area contributed by atoms with Crippen molar-refractivity contribution in [3.05, 3.63) is 0 Å². The summed E-state index contributed by atoms with van der Waals surface area (Å²) in [5.41, 5.74) is 5.67. The van der Waals surface area contributed by atoms with Crippen LogP contribution in [0.25, 0.3) is 0 Å². The second-order valence-corrected chi connectivity index (χ2v) is 4.90. The third-order valence-corrected chi connectivity index (χ3v) is 2.36. The average molecular weight is 244 g/mol. The zero-order valence-corrected chi connectivity index (χ0v) is 11.3. The van der Waals surface area contributed by atoms with Gasteiger partial charge < -0.3 is 15.8 Å². The van der Waals surface area contributed by atoms with Gasteiger partial charge in [-0.15, -0.1) is 0 Å². The molecule has 0 aromatic carbocycles. The monoisotopic (exact) mass is 244 g/mol. The highest BCUT2D eigenvalue weighted by Gasteiger charge is 2.20. The number of nitrogens with one attached hydrogen (secondary N) is 1. The lowest BCUT2D eigenvalue weighted by molar-refractivity contribution is -0.151. The van der Waals surface area contributed by atoms with E-state index in [2.05, 4.69) is 5.32 Å². The first-order valence-electron chi connectivity index (χ1n) is 5.99. The molecule has 0 aliphatic rings. The van der Waals surface area contributed by atoms with E-state index in [9.17, 15) is 9.59 Å². The standard InChI is InChI=1S/C12H24N2O3/c1-7(2)10(13)11(15)14-6-9(5)12(16)17-8(3)4/h7-10H,6,13H2,1-5H3,(H,14,15)/t9?,10-/m0/s1. The van der Waals surface area contributed by atoms with E-state index in [1.165, 1.54) is 0 Å². The zero-order valence-electron chi connectivity index (χ0n) is 11.3. The maximum atomic E-state index is 11.5. The maximum absolute atomic E-state index is 11.5. The SMILES string of the molecule is CC(C)OC(=O)C(C)CNC(=O)[C@@H](N)C(C)C. The number of carbonyl (C=O) groups excluding carboxylic acids is 2. The summed E-state index contributed by atoms with van der Waals surface area (Å²) in [5, 5.41) is 2.65. The average Bonchev–Trinajstić information content (AvgIpc) is 2.22. The van der Waals surface area contributed by atoms with Gasteiger partial charge in [0.05, 0.1) is 18.1 Å². The Balaban J connectivity index is 4.03. The van der Waals surface area contributed by atoms with E-state index in [0.29, 0.717) is 0 Å². The first-order chi connectivity index (χ1) is 7.75. The van der Waals surface area contributed by atoms with Crippen molar-refractivity contribution < 1.29 is 14.3 Å². The van der Waals surface area contributed by atoms with Crippen LogP contribution in [0.4, 0.5) is 0 Å². The van der Waals surface area contributed by atoms with Crippen LogP contribution in [0, 0.1) is 11.8 Å². The molecular formula is C12H24N2O3. The Morgan fingerprint density at radius 3 is 2.12 bits per heavy atom. The molecule has 0 spiro atoms. The number of hydrogen-bond acceptors (Lipinski definition) is 4. The van der Waals surface area contributed by atoms with Gasteiger partial charge in [-0.1, -0.05) is 20.8 Å². The lowest BCUT2D eigenvalue weighted by Gasteiger charge is -2.18. The molecule has 0 radical (unpaired) electrons. The molecule has 17 heavy (non-hydrogen) atoms. The minimum absolute atomic E-state index is 0.0768. The number of ether oxygens (including phenoxy) is 1. The molecule has 0 fully saturated rings. The van der Waals surface area contributed by atoms with Crippen molar-refractivity contribution >= 4 is 11.9 Å². The third-order valence-electron chi connectivity index (χ3n) is 2.36. The Labute approximate surface area is 103 Å². The van der Waals surface area contributed by atoms with E-state index >= 15 is 0 Å². The molecular weight excluding hydrogens is 220 g/mol. The first kappa shape index (κ1) is 15.9. The maximum Gasteiger partial charge on any atom is 0.310 e. The van der Waals surface area contributed by atoms with Crippen LogP contribution in [-0.4, -0.2) is 30.6 Å². The molecule has 5 heteroatoms. The molecule has 0 saturated heterocycles. The normalized spacial score (nSPS) is 14.6. The zero-order chi connectivity index (χ0) is 13.6. The fraction of sp³-hybridized carbons (Fsp3) is 0.833. The van der Waals surface area contributed by atoms with Gasteiger partial charge in [0.2, 0.25) is 5.91 Å². The molecule has 100 valence electrons. The Kier molecular flexibility index (Phi) is 6.80. The van der Waals surface area contributed by atoms with Crippen LogP contribution < -0.4 is 11.1 Å². The molecule has 0 aliphatic carbocycles. The minimum Gasteiger partial charge on any atom is -0.463 e.